The van der Waals surface area contributed by atoms with Crippen LogP contribution in [0.1, 0.15) is 51.5 Å². The third kappa shape index (κ3) is 2.80. The van der Waals surface area contributed by atoms with Crippen molar-refractivity contribution in [3.05, 3.63) is 23.8 Å². The Morgan fingerprint density at radius 3 is 2.68 bits per heavy atom. The summed E-state index contributed by atoms with van der Waals surface area (Å²) in [4.78, 5) is 24.0. The Hall–Kier alpha value is -2.04. The van der Waals surface area contributed by atoms with Crippen molar-refractivity contribution in [3.8, 4) is 0 Å². The predicted molar refractivity (Wildman–Crippen MR) is 87.1 cm³/mol. The molecular weight excluding hydrogens is 278 g/mol. The molecule has 3 N–H and O–H groups in total. The number of benzene rings is 1. The SMILES string of the molecule is CC1(C)C(=O)Nc2ccc(NC(=O)NC3CCCCC3)cc21. The molecule has 22 heavy (non-hydrogen) atoms. The molecule has 0 bridgehead atoms. The average Bonchev–Trinajstić information content (AvgIpc) is 2.71. The largest absolute Gasteiger partial charge is 0.335 e. The van der Waals surface area contributed by atoms with Crippen molar-refractivity contribution in [3.63, 3.8) is 0 Å². The maximum absolute atomic E-state index is 12.1. The second-order valence-corrected chi connectivity index (χ2v) is 6.77. The Morgan fingerprint density at radius 1 is 1.23 bits per heavy atom. The maximum atomic E-state index is 12.1. The minimum absolute atomic E-state index is 0.00805. The molecule has 0 atom stereocenters. The van der Waals surface area contributed by atoms with Crippen LogP contribution < -0.4 is 16.0 Å². The Labute approximate surface area is 130 Å². The molecule has 0 radical (unpaired) electrons. The zero-order valence-corrected chi connectivity index (χ0v) is 13.2. The van der Waals surface area contributed by atoms with Crippen LogP contribution in [-0.4, -0.2) is 18.0 Å². The van der Waals surface area contributed by atoms with Crippen molar-refractivity contribution in [1.82, 2.24) is 5.32 Å². The van der Waals surface area contributed by atoms with Gasteiger partial charge in [-0.2, -0.15) is 0 Å². The summed E-state index contributed by atoms with van der Waals surface area (Å²) >= 11 is 0. The van der Waals surface area contributed by atoms with E-state index < -0.39 is 5.41 Å². The summed E-state index contributed by atoms with van der Waals surface area (Å²) in [5, 5.41) is 8.78. The lowest BCUT2D eigenvalue weighted by Gasteiger charge is -2.23. The van der Waals surface area contributed by atoms with Gasteiger partial charge in [0.1, 0.15) is 0 Å². The van der Waals surface area contributed by atoms with Crippen LogP contribution in [0, 0.1) is 0 Å². The van der Waals surface area contributed by atoms with Crippen molar-refractivity contribution in [2.24, 2.45) is 0 Å². The Bertz CT molecular complexity index is 604. The summed E-state index contributed by atoms with van der Waals surface area (Å²) < 4.78 is 0. The van der Waals surface area contributed by atoms with Crippen LogP contribution in [0.3, 0.4) is 0 Å². The molecule has 3 rings (SSSR count). The normalized spacial score (nSPS) is 20.2. The molecule has 1 aromatic rings. The Morgan fingerprint density at radius 2 is 1.95 bits per heavy atom. The molecule has 1 aliphatic carbocycles. The lowest BCUT2D eigenvalue weighted by molar-refractivity contribution is -0.119. The molecule has 1 heterocycles. The van der Waals surface area contributed by atoms with Crippen molar-refractivity contribution >= 4 is 23.3 Å². The summed E-state index contributed by atoms with van der Waals surface area (Å²) in [6.07, 6.45) is 5.75. The van der Waals surface area contributed by atoms with Crippen LogP contribution in [0.4, 0.5) is 16.2 Å². The van der Waals surface area contributed by atoms with Crippen LogP contribution in [0.5, 0.6) is 0 Å². The first-order valence-electron chi connectivity index (χ1n) is 8.00. The van der Waals surface area contributed by atoms with E-state index in [-0.39, 0.29) is 18.0 Å². The highest BCUT2D eigenvalue weighted by atomic mass is 16.2. The van der Waals surface area contributed by atoms with Gasteiger partial charge in [0.2, 0.25) is 5.91 Å². The van der Waals surface area contributed by atoms with E-state index in [2.05, 4.69) is 16.0 Å². The predicted octanol–water partition coefficient (Wildman–Crippen LogP) is 3.37. The molecule has 118 valence electrons. The quantitative estimate of drug-likeness (QED) is 0.784. The van der Waals surface area contributed by atoms with Crippen molar-refractivity contribution in [2.75, 3.05) is 10.6 Å². The van der Waals surface area contributed by atoms with Gasteiger partial charge in [-0.1, -0.05) is 19.3 Å². The summed E-state index contributed by atoms with van der Waals surface area (Å²) in [5.41, 5.74) is 1.91. The van der Waals surface area contributed by atoms with Gasteiger partial charge >= 0.3 is 6.03 Å². The van der Waals surface area contributed by atoms with Gasteiger partial charge in [-0.3, -0.25) is 4.79 Å². The van der Waals surface area contributed by atoms with E-state index in [1.807, 2.05) is 32.0 Å². The number of carbonyl (C=O) groups is 2. The van der Waals surface area contributed by atoms with Gasteiger partial charge in [-0.15, -0.1) is 0 Å². The Kier molecular flexibility index (Phi) is 3.81. The van der Waals surface area contributed by atoms with Gasteiger partial charge in [-0.25, -0.2) is 4.79 Å². The maximum Gasteiger partial charge on any atom is 0.319 e. The summed E-state index contributed by atoms with van der Waals surface area (Å²) in [6.45, 7) is 3.78. The number of carbonyl (C=O) groups excluding carboxylic acids is 2. The number of urea groups is 1. The summed E-state index contributed by atoms with van der Waals surface area (Å²) in [5.74, 6) is -0.00805. The van der Waals surface area contributed by atoms with E-state index in [9.17, 15) is 9.59 Å². The van der Waals surface area contributed by atoms with E-state index in [0.717, 1.165) is 29.8 Å². The number of nitrogens with one attached hydrogen (secondary N) is 3. The van der Waals surface area contributed by atoms with Gasteiger partial charge in [0.15, 0.2) is 0 Å². The standard InChI is InChI=1S/C17H23N3O2/c1-17(2)13-10-12(8-9-14(13)20-15(17)21)19-16(22)18-11-6-4-3-5-7-11/h8-11H,3-7H2,1-2H3,(H,20,21)(H2,18,19,22). The molecule has 1 fully saturated rings. The van der Waals surface area contributed by atoms with Gasteiger partial charge in [0.05, 0.1) is 5.41 Å². The van der Waals surface area contributed by atoms with Crippen LogP contribution in [0.25, 0.3) is 0 Å². The first kappa shape index (κ1) is 14.9. The lowest BCUT2D eigenvalue weighted by Crippen LogP contribution is -2.39. The smallest absolute Gasteiger partial charge is 0.319 e. The highest BCUT2D eigenvalue weighted by Gasteiger charge is 2.38. The van der Waals surface area contributed by atoms with Crippen LogP contribution in [-0.2, 0) is 10.2 Å². The third-order valence-electron chi connectivity index (χ3n) is 4.71. The fourth-order valence-electron chi connectivity index (χ4n) is 3.25. The number of fused-ring (bicyclic) bond motifs is 1. The minimum Gasteiger partial charge on any atom is -0.335 e. The van der Waals surface area contributed by atoms with E-state index in [0.29, 0.717) is 0 Å². The number of hydrogen-bond acceptors (Lipinski definition) is 2. The number of hydrogen-bond donors (Lipinski definition) is 3. The van der Waals surface area contributed by atoms with Crippen molar-refractivity contribution in [1.29, 1.82) is 0 Å². The molecule has 5 heteroatoms. The highest BCUT2D eigenvalue weighted by molar-refractivity contribution is 6.06. The van der Waals surface area contributed by atoms with Gasteiger partial charge in [0.25, 0.3) is 0 Å². The van der Waals surface area contributed by atoms with Gasteiger partial charge < -0.3 is 16.0 Å². The first-order valence-corrected chi connectivity index (χ1v) is 8.00. The van der Waals surface area contributed by atoms with Gasteiger partial charge in [0, 0.05) is 17.4 Å². The monoisotopic (exact) mass is 301 g/mol. The fraction of sp³-hybridized carbons (Fsp3) is 0.529. The third-order valence-corrected chi connectivity index (χ3v) is 4.71. The highest BCUT2D eigenvalue weighted by Crippen LogP contribution is 2.38. The number of amides is 3. The molecule has 3 amide bonds. The van der Waals surface area contributed by atoms with Crippen molar-refractivity contribution < 1.29 is 9.59 Å². The molecule has 2 aliphatic rings. The molecule has 1 aliphatic heterocycles. The van der Waals surface area contributed by atoms with Crippen LogP contribution >= 0.6 is 0 Å². The molecule has 5 nitrogen and oxygen atoms in total. The molecule has 0 saturated heterocycles. The minimum atomic E-state index is -0.563. The molecule has 1 aromatic carbocycles. The second-order valence-electron chi connectivity index (χ2n) is 6.77. The van der Waals surface area contributed by atoms with Crippen molar-refractivity contribution in [2.45, 2.75) is 57.4 Å². The molecule has 0 unspecified atom stereocenters. The summed E-state index contributed by atoms with van der Waals surface area (Å²) in [6, 6.07) is 5.66. The zero-order chi connectivity index (χ0) is 15.7. The number of rotatable bonds is 2. The fourth-order valence-corrected chi connectivity index (χ4v) is 3.25. The molecular formula is C17H23N3O2. The first-order chi connectivity index (χ1) is 10.5. The summed E-state index contributed by atoms with van der Waals surface area (Å²) in [7, 11) is 0. The topological polar surface area (TPSA) is 70.2 Å². The molecule has 1 saturated carbocycles. The average molecular weight is 301 g/mol. The van der Waals surface area contributed by atoms with E-state index in [4.69, 9.17) is 0 Å². The Balaban J connectivity index is 1.68. The zero-order valence-electron chi connectivity index (χ0n) is 13.2. The second kappa shape index (κ2) is 5.63. The van der Waals surface area contributed by atoms with Crippen LogP contribution in [0.15, 0.2) is 18.2 Å². The van der Waals surface area contributed by atoms with Gasteiger partial charge in [-0.05, 0) is 50.5 Å². The van der Waals surface area contributed by atoms with E-state index >= 15 is 0 Å². The van der Waals surface area contributed by atoms with Crippen LogP contribution in [0.2, 0.25) is 0 Å². The van der Waals surface area contributed by atoms with E-state index in [1.165, 1.54) is 19.3 Å². The molecule has 0 aromatic heterocycles. The molecule has 0 spiro atoms. The van der Waals surface area contributed by atoms with E-state index in [1.54, 1.807) is 0 Å². The lowest BCUT2D eigenvalue weighted by atomic mass is 9.86. The number of anilines is 2.